The molecule has 74 valence electrons. The Labute approximate surface area is 82.1 Å². The fourth-order valence-corrected chi connectivity index (χ4v) is 1.44. The Hall–Kier alpha value is -0.560. The van der Waals surface area contributed by atoms with Crippen molar-refractivity contribution in [2.75, 3.05) is 20.1 Å². The third kappa shape index (κ3) is 3.77. The highest BCUT2D eigenvalue weighted by Gasteiger charge is 2.03. The van der Waals surface area contributed by atoms with Gasteiger partial charge in [-0.2, -0.15) is 0 Å². The van der Waals surface area contributed by atoms with Crippen LogP contribution in [-0.2, 0) is 0 Å². The maximum atomic E-state index is 2.38. The highest BCUT2D eigenvalue weighted by atomic mass is 15.1. The Kier molecular flexibility index (Phi) is 4.23. The molecule has 1 rings (SSSR count). The second kappa shape index (κ2) is 5.23. The molecule has 0 spiro atoms. The smallest absolute Gasteiger partial charge is 0.00185 e. The summed E-state index contributed by atoms with van der Waals surface area (Å²) in [5.74, 6) is 0.743. The van der Waals surface area contributed by atoms with Crippen molar-refractivity contribution in [3.05, 3.63) is 23.8 Å². The summed E-state index contributed by atoms with van der Waals surface area (Å²) in [6.07, 6.45) is 9.42. The molecule has 0 amide bonds. The minimum Gasteiger partial charge on any atom is -0.306 e. The summed E-state index contributed by atoms with van der Waals surface area (Å²) in [4.78, 5) is 2.35. The van der Waals surface area contributed by atoms with Crippen molar-refractivity contribution in [2.24, 2.45) is 5.92 Å². The molecule has 1 atom stereocenters. The van der Waals surface area contributed by atoms with E-state index >= 15 is 0 Å². The van der Waals surface area contributed by atoms with E-state index in [0.29, 0.717) is 0 Å². The zero-order valence-electron chi connectivity index (χ0n) is 9.09. The lowest BCUT2D eigenvalue weighted by atomic mass is 9.97. The minimum absolute atomic E-state index is 0.743. The van der Waals surface area contributed by atoms with Crippen molar-refractivity contribution in [3.63, 3.8) is 0 Å². The van der Waals surface area contributed by atoms with Crippen LogP contribution in [0.5, 0.6) is 0 Å². The largest absolute Gasteiger partial charge is 0.306 e. The summed E-state index contributed by atoms with van der Waals surface area (Å²) < 4.78 is 0. The van der Waals surface area contributed by atoms with E-state index in [1.54, 1.807) is 0 Å². The van der Waals surface area contributed by atoms with Crippen molar-refractivity contribution in [1.82, 2.24) is 4.90 Å². The maximum absolute atomic E-state index is 2.38. The van der Waals surface area contributed by atoms with E-state index in [1.165, 1.54) is 25.0 Å². The van der Waals surface area contributed by atoms with E-state index in [-0.39, 0.29) is 0 Å². The lowest BCUT2D eigenvalue weighted by molar-refractivity contribution is 0.358. The lowest BCUT2D eigenvalue weighted by Crippen LogP contribution is -2.19. The molecule has 0 saturated carbocycles. The van der Waals surface area contributed by atoms with Crippen molar-refractivity contribution in [1.29, 1.82) is 0 Å². The highest BCUT2D eigenvalue weighted by molar-refractivity contribution is 5.23. The summed E-state index contributed by atoms with van der Waals surface area (Å²) in [5.41, 5.74) is 1.51. The van der Waals surface area contributed by atoms with Gasteiger partial charge in [0.2, 0.25) is 0 Å². The first-order chi connectivity index (χ1) is 6.22. The van der Waals surface area contributed by atoms with Gasteiger partial charge in [0.25, 0.3) is 0 Å². The summed E-state index contributed by atoms with van der Waals surface area (Å²) in [5, 5.41) is 0. The summed E-state index contributed by atoms with van der Waals surface area (Å²) >= 11 is 0. The van der Waals surface area contributed by atoms with Gasteiger partial charge in [-0.1, -0.05) is 37.6 Å². The van der Waals surface area contributed by atoms with Crippen LogP contribution < -0.4 is 0 Å². The van der Waals surface area contributed by atoms with E-state index in [1.807, 2.05) is 0 Å². The van der Waals surface area contributed by atoms with E-state index in [0.717, 1.165) is 12.5 Å². The molecular weight excluding hydrogens is 158 g/mol. The molecule has 1 nitrogen and oxygen atoms in total. The van der Waals surface area contributed by atoms with Gasteiger partial charge in [0.05, 0.1) is 0 Å². The third-order valence-electron chi connectivity index (χ3n) is 2.71. The monoisotopic (exact) mass is 179 g/mol. The van der Waals surface area contributed by atoms with Gasteiger partial charge in [-0.15, -0.1) is 0 Å². The second-order valence-electron chi connectivity index (χ2n) is 4.00. The van der Waals surface area contributed by atoms with Gasteiger partial charge in [-0.3, -0.25) is 0 Å². The molecule has 0 fully saturated rings. The van der Waals surface area contributed by atoms with Crippen LogP contribution >= 0.6 is 0 Å². The highest BCUT2D eigenvalue weighted by Crippen LogP contribution is 2.17. The molecule has 0 aromatic carbocycles. The van der Waals surface area contributed by atoms with Crippen LogP contribution in [0.2, 0.25) is 0 Å². The van der Waals surface area contributed by atoms with Crippen LogP contribution in [0.3, 0.4) is 0 Å². The summed E-state index contributed by atoms with van der Waals surface area (Å²) in [7, 11) is 2.18. The number of hydrogen-bond acceptors (Lipinski definition) is 1. The third-order valence-corrected chi connectivity index (χ3v) is 2.71. The number of hydrogen-bond donors (Lipinski definition) is 0. The van der Waals surface area contributed by atoms with E-state index in [4.69, 9.17) is 0 Å². The SMILES string of the molecule is CCN(C)CCC1=CCC(C)C=C1. The summed E-state index contributed by atoms with van der Waals surface area (Å²) in [6, 6.07) is 0. The molecule has 0 heterocycles. The normalized spacial score (nSPS) is 22.2. The zero-order chi connectivity index (χ0) is 9.68. The Morgan fingerprint density at radius 2 is 2.31 bits per heavy atom. The average Bonchev–Trinajstić information content (AvgIpc) is 2.16. The Morgan fingerprint density at radius 1 is 1.54 bits per heavy atom. The molecule has 13 heavy (non-hydrogen) atoms. The van der Waals surface area contributed by atoms with Crippen LogP contribution in [0.1, 0.15) is 26.7 Å². The molecule has 0 aromatic rings. The van der Waals surface area contributed by atoms with Crippen LogP contribution in [0, 0.1) is 5.92 Å². The molecule has 0 aromatic heterocycles. The van der Waals surface area contributed by atoms with Crippen LogP contribution in [0.15, 0.2) is 23.8 Å². The van der Waals surface area contributed by atoms with Crippen LogP contribution in [0.4, 0.5) is 0 Å². The molecule has 0 saturated heterocycles. The van der Waals surface area contributed by atoms with Crippen molar-refractivity contribution >= 4 is 0 Å². The van der Waals surface area contributed by atoms with E-state index in [9.17, 15) is 0 Å². The van der Waals surface area contributed by atoms with E-state index in [2.05, 4.69) is 44.0 Å². The van der Waals surface area contributed by atoms with Gasteiger partial charge in [0.1, 0.15) is 0 Å². The number of allylic oxidation sites excluding steroid dienone is 3. The molecule has 0 bridgehead atoms. The second-order valence-corrected chi connectivity index (χ2v) is 4.00. The molecule has 1 heteroatoms. The Bertz CT molecular complexity index is 203. The zero-order valence-corrected chi connectivity index (χ0v) is 9.09. The van der Waals surface area contributed by atoms with Gasteiger partial charge >= 0.3 is 0 Å². The lowest BCUT2D eigenvalue weighted by Gasteiger charge is -2.16. The Morgan fingerprint density at radius 3 is 2.85 bits per heavy atom. The van der Waals surface area contributed by atoms with E-state index < -0.39 is 0 Å². The van der Waals surface area contributed by atoms with Gasteiger partial charge in [0, 0.05) is 6.54 Å². The minimum atomic E-state index is 0.743. The molecular formula is C12H21N. The first-order valence-electron chi connectivity index (χ1n) is 5.28. The van der Waals surface area contributed by atoms with Crippen LogP contribution in [0.25, 0.3) is 0 Å². The molecule has 1 aliphatic rings. The number of nitrogens with zero attached hydrogens (tertiary/aromatic N) is 1. The molecule has 0 N–H and O–H groups in total. The topological polar surface area (TPSA) is 3.24 Å². The van der Waals surface area contributed by atoms with Gasteiger partial charge < -0.3 is 4.90 Å². The average molecular weight is 179 g/mol. The molecule has 0 aliphatic heterocycles. The predicted molar refractivity (Wildman–Crippen MR) is 58.8 cm³/mol. The molecule has 1 aliphatic carbocycles. The quantitative estimate of drug-likeness (QED) is 0.641. The Balaban J connectivity index is 2.27. The standard InChI is InChI=1S/C12H21N/c1-4-13(3)10-9-12-7-5-11(2)6-8-12/h5,7-8,11H,4,6,9-10H2,1-3H3. The fraction of sp³-hybridized carbons (Fsp3) is 0.667. The number of rotatable bonds is 4. The van der Waals surface area contributed by atoms with Crippen molar-refractivity contribution < 1.29 is 0 Å². The van der Waals surface area contributed by atoms with Gasteiger partial charge in [-0.25, -0.2) is 0 Å². The fourth-order valence-electron chi connectivity index (χ4n) is 1.44. The van der Waals surface area contributed by atoms with Gasteiger partial charge in [-0.05, 0) is 32.4 Å². The summed E-state index contributed by atoms with van der Waals surface area (Å²) in [6.45, 7) is 6.80. The van der Waals surface area contributed by atoms with Crippen molar-refractivity contribution in [2.45, 2.75) is 26.7 Å². The van der Waals surface area contributed by atoms with Crippen molar-refractivity contribution in [3.8, 4) is 0 Å². The maximum Gasteiger partial charge on any atom is 0.00185 e. The van der Waals surface area contributed by atoms with Crippen LogP contribution in [-0.4, -0.2) is 25.0 Å². The molecule has 0 radical (unpaired) electrons. The molecule has 1 unspecified atom stereocenters. The first-order valence-corrected chi connectivity index (χ1v) is 5.28. The predicted octanol–water partition coefficient (Wildman–Crippen LogP) is 2.85. The first kappa shape index (κ1) is 10.5. The van der Waals surface area contributed by atoms with Gasteiger partial charge in [0.15, 0.2) is 0 Å².